The molecule has 0 aromatic heterocycles. The zero-order chi connectivity index (χ0) is 12.3. The van der Waals surface area contributed by atoms with Gasteiger partial charge in [-0.1, -0.05) is 42.5 Å². The lowest BCUT2D eigenvalue weighted by Gasteiger charge is -2.31. The molecule has 2 rings (SSSR count). The molecule has 0 saturated carbocycles. The molecule has 17 heavy (non-hydrogen) atoms. The number of hydrogen-bond acceptors (Lipinski definition) is 4. The van der Waals surface area contributed by atoms with Crippen molar-refractivity contribution < 1.29 is 15.3 Å². The lowest BCUT2D eigenvalue weighted by Crippen LogP contribution is -2.51. The normalized spacial score (nSPS) is 32.6. The Labute approximate surface area is 100 Å². The first-order chi connectivity index (χ1) is 8.18. The molecule has 0 spiro atoms. The van der Waals surface area contributed by atoms with Gasteiger partial charge in [-0.2, -0.15) is 0 Å². The molecule has 4 atom stereocenters. The van der Waals surface area contributed by atoms with Gasteiger partial charge in [0.1, 0.15) is 18.3 Å². The number of nitrogens with one attached hydrogen (secondary N) is 1. The van der Waals surface area contributed by atoms with Crippen LogP contribution in [0.4, 0.5) is 0 Å². The lowest BCUT2D eigenvalue weighted by atomic mass is 9.94. The number of benzene rings is 1. The maximum absolute atomic E-state index is 9.76. The molecular formula is C13H17NO3. The Morgan fingerprint density at radius 3 is 2.35 bits per heavy atom. The molecular weight excluding hydrogens is 218 g/mol. The van der Waals surface area contributed by atoms with Crippen LogP contribution in [-0.4, -0.2) is 39.7 Å². The van der Waals surface area contributed by atoms with Gasteiger partial charge in [0, 0.05) is 6.54 Å². The van der Waals surface area contributed by atoms with Gasteiger partial charge in [-0.3, -0.25) is 0 Å². The molecule has 0 saturated heterocycles. The lowest BCUT2D eigenvalue weighted by molar-refractivity contribution is -0.0567. The van der Waals surface area contributed by atoms with E-state index < -0.39 is 18.3 Å². The summed E-state index contributed by atoms with van der Waals surface area (Å²) in [5, 5.41) is 31.7. The van der Waals surface area contributed by atoms with Gasteiger partial charge in [0.25, 0.3) is 0 Å². The molecule has 0 unspecified atom stereocenters. The smallest absolute Gasteiger partial charge is 0.111 e. The van der Waals surface area contributed by atoms with Gasteiger partial charge in [0.05, 0.1) is 6.04 Å². The Hall–Kier alpha value is -1.20. The minimum atomic E-state index is -1.13. The largest absolute Gasteiger partial charge is 0.388 e. The molecule has 0 fully saturated rings. The fourth-order valence-electron chi connectivity index (χ4n) is 1.90. The van der Waals surface area contributed by atoms with Gasteiger partial charge in [-0.05, 0) is 5.56 Å². The van der Waals surface area contributed by atoms with E-state index in [0.29, 0.717) is 6.54 Å². The summed E-state index contributed by atoms with van der Waals surface area (Å²) < 4.78 is 0. The van der Waals surface area contributed by atoms with Crippen LogP contribution < -0.4 is 5.32 Å². The van der Waals surface area contributed by atoms with Crippen LogP contribution in [0.3, 0.4) is 0 Å². The highest BCUT2D eigenvalue weighted by atomic mass is 16.4. The van der Waals surface area contributed by atoms with Crippen molar-refractivity contribution in [2.75, 3.05) is 0 Å². The van der Waals surface area contributed by atoms with Crippen LogP contribution >= 0.6 is 0 Å². The molecule has 1 aromatic carbocycles. The van der Waals surface area contributed by atoms with Crippen molar-refractivity contribution in [3.8, 4) is 0 Å². The van der Waals surface area contributed by atoms with Crippen LogP contribution in [0, 0.1) is 0 Å². The van der Waals surface area contributed by atoms with Crippen LogP contribution in [0.15, 0.2) is 42.5 Å². The van der Waals surface area contributed by atoms with Crippen molar-refractivity contribution in [2.45, 2.75) is 30.9 Å². The van der Waals surface area contributed by atoms with Crippen molar-refractivity contribution in [2.24, 2.45) is 0 Å². The molecule has 1 aromatic rings. The number of rotatable bonds is 3. The number of aliphatic hydroxyl groups is 3. The average molecular weight is 235 g/mol. The Kier molecular flexibility index (Phi) is 3.91. The van der Waals surface area contributed by atoms with Crippen molar-refractivity contribution in [1.29, 1.82) is 0 Å². The van der Waals surface area contributed by atoms with E-state index in [-0.39, 0.29) is 6.04 Å². The van der Waals surface area contributed by atoms with Crippen LogP contribution in [0.2, 0.25) is 0 Å². The predicted octanol–water partition coefficient (Wildman–Crippen LogP) is -0.203. The summed E-state index contributed by atoms with van der Waals surface area (Å²) in [7, 11) is 0. The van der Waals surface area contributed by atoms with Gasteiger partial charge >= 0.3 is 0 Å². The van der Waals surface area contributed by atoms with Gasteiger partial charge in [0.2, 0.25) is 0 Å². The highest BCUT2D eigenvalue weighted by Crippen LogP contribution is 2.14. The molecule has 0 bridgehead atoms. The van der Waals surface area contributed by atoms with E-state index in [1.165, 1.54) is 6.08 Å². The summed E-state index contributed by atoms with van der Waals surface area (Å²) in [6, 6.07) is 9.47. The highest BCUT2D eigenvalue weighted by molar-refractivity contribution is 5.16. The molecule has 92 valence electrons. The first-order valence-electron chi connectivity index (χ1n) is 5.68. The first-order valence-corrected chi connectivity index (χ1v) is 5.68. The number of hydrogen-bond donors (Lipinski definition) is 4. The van der Waals surface area contributed by atoms with Gasteiger partial charge in [-0.15, -0.1) is 0 Å². The molecule has 4 N–H and O–H groups in total. The van der Waals surface area contributed by atoms with E-state index in [1.807, 2.05) is 30.3 Å². The summed E-state index contributed by atoms with van der Waals surface area (Å²) >= 11 is 0. The quantitative estimate of drug-likeness (QED) is 0.547. The summed E-state index contributed by atoms with van der Waals surface area (Å²) in [6.45, 7) is 0.607. The maximum Gasteiger partial charge on any atom is 0.111 e. The fourth-order valence-corrected chi connectivity index (χ4v) is 1.90. The molecule has 1 aliphatic carbocycles. The first kappa shape index (κ1) is 12.3. The second-order valence-electron chi connectivity index (χ2n) is 4.25. The SMILES string of the molecule is O[C@H]1[C@H](O)[C@@H](NCc2ccccc2)C=C[C@H]1O. The zero-order valence-corrected chi connectivity index (χ0v) is 9.40. The zero-order valence-electron chi connectivity index (χ0n) is 9.40. The van der Waals surface area contributed by atoms with E-state index in [0.717, 1.165) is 5.56 Å². The minimum Gasteiger partial charge on any atom is -0.388 e. The second kappa shape index (κ2) is 5.42. The molecule has 0 amide bonds. The van der Waals surface area contributed by atoms with Crippen molar-refractivity contribution >= 4 is 0 Å². The summed E-state index contributed by atoms with van der Waals surface area (Å²) in [5.74, 6) is 0. The summed E-state index contributed by atoms with van der Waals surface area (Å²) in [5.41, 5.74) is 1.11. The third-order valence-corrected chi connectivity index (χ3v) is 2.97. The maximum atomic E-state index is 9.76. The Morgan fingerprint density at radius 1 is 0.941 bits per heavy atom. The molecule has 4 nitrogen and oxygen atoms in total. The second-order valence-corrected chi connectivity index (χ2v) is 4.25. The Balaban J connectivity index is 1.94. The summed E-state index contributed by atoms with van der Waals surface area (Å²) in [6.07, 6.45) is 0.0807. The molecule has 4 heteroatoms. The Bertz CT molecular complexity index is 380. The van der Waals surface area contributed by atoms with Gasteiger partial charge in [-0.25, -0.2) is 0 Å². The molecule has 0 heterocycles. The van der Waals surface area contributed by atoms with Gasteiger partial charge in [0.15, 0.2) is 0 Å². The van der Waals surface area contributed by atoms with Crippen LogP contribution in [-0.2, 0) is 6.54 Å². The van der Waals surface area contributed by atoms with Crippen LogP contribution in [0.1, 0.15) is 5.56 Å². The van der Waals surface area contributed by atoms with Gasteiger partial charge < -0.3 is 20.6 Å². The van der Waals surface area contributed by atoms with E-state index in [2.05, 4.69) is 5.32 Å². The number of aliphatic hydroxyl groups excluding tert-OH is 3. The standard InChI is InChI=1S/C13H17NO3/c15-11-7-6-10(12(16)13(11)17)14-8-9-4-2-1-3-5-9/h1-7,10-17H,8H2/t10-,11+,12+,13+/m0/s1. The predicted molar refractivity (Wildman–Crippen MR) is 64.2 cm³/mol. The van der Waals surface area contributed by atoms with E-state index in [4.69, 9.17) is 0 Å². The third-order valence-electron chi connectivity index (χ3n) is 2.97. The van der Waals surface area contributed by atoms with E-state index in [1.54, 1.807) is 6.08 Å². The van der Waals surface area contributed by atoms with E-state index in [9.17, 15) is 15.3 Å². The molecule has 1 aliphatic rings. The Morgan fingerprint density at radius 2 is 1.65 bits per heavy atom. The van der Waals surface area contributed by atoms with Crippen molar-refractivity contribution in [1.82, 2.24) is 5.32 Å². The topological polar surface area (TPSA) is 72.7 Å². The van der Waals surface area contributed by atoms with Crippen LogP contribution in [0.5, 0.6) is 0 Å². The van der Waals surface area contributed by atoms with Crippen molar-refractivity contribution in [3.63, 3.8) is 0 Å². The average Bonchev–Trinajstić information content (AvgIpc) is 2.36. The fraction of sp³-hybridized carbons (Fsp3) is 0.385. The minimum absolute atomic E-state index is 0.339. The van der Waals surface area contributed by atoms with Crippen LogP contribution in [0.25, 0.3) is 0 Å². The monoisotopic (exact) mass is 235 g/mol. The van der Waals surface area contributed by atoms with E-state index >= 15 is 0 Å². The summed E-state index contributed by atoms with van der Waals surface area (Å²) in [4.78, 5) is 0. The molecule has 0 aliphatic heterocycles. The molecule has 0 radical (unpaired) electrons. The third kappa shape index (κ3) is 2.92. The highest BCUT2D eigenvalue weighted by Gasteiger charge is 2.32. The van der Waals surface area contributed by atoms with Crippen molar-refractivity contribution in [3.05, 3.63) is 48.0 Å².